The minimum Gasteiger partial charge on any atom is -0.478 e. The molecule has 1 amide bonds. The number of hydrogen-bond acceptors (Lipinski definition) is 3. The molecule has 128 valence electrons. The van der Waals surface area contributed by atoms with Gasteiger partial charge in [0, 0.05) is 12.6 Å². The van der Waals surface area contributed by atoms with Crippen molar-refractivity contribution in [3.8, 4) is 5.75 Å². The van der Waals surface area contributed by atoms with Gasteiger partial charge in [-0.3, -0.25) is 4.79 Å². The summed E-state index contributed by atoms with van der Waals surface area (Å²) in [7, 11) is 0. The minimum atomic E-state index is -0.374. The van der Waals surface area contributed by atoms with Crippen LogP contribution in [-0.2, 0) is 4.79 Å². The molecule has 1 aromatic rings. The van der Waals surface area contributed by atoms with E-state index in [0.29, 0.717) is 18.9 Å². The van der Waals surface area contributed by atoms with Crippen LogP contribution in [0.3, 0.4) is 0 Å². The van der Waals surface area contributed by atoms with Crippen LogP contribution in [0.2, 0.25) is 0 Å². The largest absolute Gasteiger partial charge is 0.478 e. The number of amides is 1. The van der Waals surface area contributed by atoms with Gasteiger partial charge in [-0.25, -0.2) is 0 Å². The van der Waals surface area contributed by atoms with Gasteiger partial charge in [-0.1, -0.05) is 46.6 Å². The van der Waals surface area contributed by atoms with Gasteiger partial charge in [-0.2, -0.15) is 0 Å². The maximum atomic E-state index is 12.7. The first kappa shape index (κ1) is 17.8. The highest BCUT2D eigenvalue weighted by Gasteiger charge is 2.33. The van der Waals surface area contributed by atoms with Crippen LogP contribution >= 0.6 is 0 Å². The van der Waals surface area contributed by atoms with Crippen molar-refractivity contribution in [2.75, 3.05) is 11.4 Å². The maximum absolute atomic E-state index is 12.7. The van der Waals surface area contributed by atoms with E-state index in [9.17, 15) is 4.79 Å². The number of carbonyl (C=O) groups excluding carboxylic acids is 1. The van der Waals surface area contributed by atoms with Crippen molar-refractivity contribution in [2.24, 2.45) is 11.7 Å². The second kappa shape index (κ2) is 7.82. The zero-order chi connectivity index (χ0) is 17.0. The average molecular weight is 318 g/mol. The molecular weight excluding hydrogens is 288 g/mol. The van der Waals surface area contributed by atoms with E-state index in [0.717, 1.165) is 36.3 Å². The summed E-state index contributed by atoms with van der Waals surface area (Å²) in [4.78, 5) is 14.6. The Morgan fingerprint density at radius 1 is 1.30 bits per heavy atom. The van der Waals surface area contributed by atoms with Crippen LogP contribution < -0.4 is 15.4 Å². The second-order valence-corrected chi connectivity index (χ2v) is 6.83. The van der Waals surface area contributed by atoms with Gasteiger partial charge in [0.1, 0.15) is 5.75 Å². The number of carbonyl (C=O) groups is 1. The number of fused-ring (bicyclic) bond motifs is 1. The zero-order valence-corrected chi connectivity index (χ0v) is 14.8. The standard InChI is InChI=1S/C19H30N2O2/c1-5-7-8-15(20)14-9-10-18-16(11-14)21(12-13(3)4)19(22)17(6-2)23-18/h9-11,13,15,17H,5-8,12,20H2,1-4H3. The van der Waals surface area contributed by atoms with Crippen molar-refractivity contribution in [1.82, 2.24) is 0 Å². The van der Waals surface area contributed by atoms with E-state index in [1.807, 2.05) is 30.0 Å². The van der Waals surface area contributed by atoms with Crippen molar-refractivity contribution in [2.45, 2.75) is 65.5 Å². The first-order chi connectivity index (χ1) is 11.0. The molecule has 2 unspecified atom stereocenters. The molecule has 0 aliphatic carbocycles. The Bertz CT molecular complexity index is 542. The highest BCUT2D eigenvalue weighted by molar-refractivity contribution is 6.00. The third-order valence-corrected chi connectivity index (χ3v) is 4.30. The summed E-state index contributed by atoms with van der Waals surface area (Å²) < 4.78 is 5.89. The lowest BCUT2D eigenvalue weighted by atomic mass is 9.99. The lowest BCUT2D eigenvalue weighted by Gasteiger charge is -2.35. The fraction of sp³-hybridized carbons (Fsp3) is 0.632. The molecule has 4 nitrogen and oxygen atoms in total. The Balaban J connectivity index is 2.33. The molecule has 0 bridgehead atoms. The van der Waals surface area contributed by atoms with Crippen molar-refractivity contribution in [3.05, 3.63) is 23.8 Å². The number of unbranched alkanes of at least 4 members (excludes halogenated alkanes) is 1. The Hall–Kier alpha value is -1.55. The smallest absolute Gasteiger partial charge is 0.268 e. The Morgan fingerprint density at radius 2 is 2.04 bits per heavy atom. The fourth-order valence-corrected chi connectivity index (χ4v) is 2.97. The first-order valence-electron chi connectivity index (χ1n) is 8.85. The molecule has 0 radical (unpaired) electrons. The van der Waals surface area contributed by atoms with Gasteiger partial charge in [0.2, 0.25) is 0 Å². The fourth-order valence-electron chi connectivity index (χ4n) is 2.97. The summed E-state index contributed by atoms with van der Waals surface area (Å²) in [6.07, 6.45) is 3.52. The topological polar surface area (TPSA) is 55.6 Å². The number of benzene rings is 1. The van der Waals surface area contributed by atoms with Gasteiger partial charge in [-0.15, -0.1) is 0 Å². The molecule has 1 aromatic carbocycles. The molecule has 4 heteroatoms. The molecule has 1 aliphatic heterocycles. The van der Waals surface area contributed by atoms with Crippen LogP contribution in [-0.4, -0.2) is 18.6 Å². The number of anilines is 1. The second-order valence-electron chi connectivity index (χ2n) is 6.83. The van der Waals surface area contributed by atoms with Gasteiger partial charge >= 0.3 is 0 Å². The first-order valence-corrected chi connectivity index (χ1v) is 8.85. The Kier molecular flexibility index (Phi) is 6.05. The molecular formula is C19H30N2O2. The predicted molar refractivity (Wildman–Crippen MR) is 94.8 cm³/mol. The summed E-state index contributed by atoms with van der Waals surface area (Å²) in [5, 5.41) is 0. The number of hydrogen-bond donors (Lipinski definition) is 1. The Morgan fingerprint density at radius 3 is 2.65 bits per heavy atom. The Labute approximate surface area is 140 Å². The summed E-state index contributed by atoms with van der Waals surface area (Å²) in [5.41, 5.74) is 8.26. The van der Waals surface area contributed by atoms with Gasteiger partial charge in [0.15, 0.2) is 6.10 Å². The highest BCUT2D eigenvalue weighted by atomic mass is 16.5. The average Bonchev–Trinajstić information content (AvgIpc) is 2.54. The quantitative estimate of drug-likeness (QED) is 0.825. The predicted octanol–water partition coefficient (Wildman–Crippen LogP) is 4.04. The minimum absolute atomic E-state index is 0.0140. The van der Waals surface area contributed by atoms with Crippen LogP contribution in [0, 0.1) is 5.92 Å². The van der Waals surface area contributed by atoms with E-state index in [2.05, 4.69) is 20.8 Å². The van der Waals surface area contributed by atoms with Crippen LogP contribution in [0.4, 0.5) is 5.69 Å². The molecule has 0 fully saturated rings. The summed E-state index contributed by atoms with van der Waals surface area (Å²) in [6.45, 7) is 9.11. The van der Waals surface area contributed by atoms with Gasteiger partial charge < -0.3 is 15.4 Å². The molecule has 0 spiro atoms. The highest BCUT2D eigenvalue weighted by Crippen LogP contribution is 2.37. The van der Waals surface area contributed by atoms with Crippen molar-refractivity contribution >= 4 is 11.6 Å². The number of nitrogens with zero attached hydrogens (tertiary/aromatic N) is 1. The normalized spacial score (nSPS) is 18.8. The monoisotopic (exact) mass is 318 g/mol. The van der Waals surface area contributed by atoms with Crippen molar-refractivity contribution in [3.63, 3.8) is 0 Å². The summed E-state index contributed by atoms with van der Waals surface area (Å²) >= 11 is 0. The van der Waals surface area contributed by atoms with E-state index in [1.54, 1.807) is 0 Å². The van der Waals surface area contributed by atoms with Gasteiger partial charge in [0.25, 0.3) is 5.91 Å². The van der Waals surface area contributed by atoms with E-state index in [4.69, 9.17) is 10.5 Å². The zero-order valence-electron chi connectivity index (χ0n) is 14.8. The van der Waals surface area contributed by atoms with Crippen LogP contribution in [0.15, 0.2) is 18.2 Å². The molecule has 2 N–H and O–H groups in total. The molecule has 2 atom stereocenters. The third kappa shape index (κ3) is 4.05. The van der Waals surface area contributed by atoms with Gasteiger partial charge in [0.05, 0.1) is 5.69 Å². The van der Waals surface area contributed by atoms with E-state index >= 15 is 0 Å². The molecule has 0 aromatic heterocycles. The van der Waals surface area contributed by atoms with Crippen LogP contribution in [0.5, 0.6) is 5.75 Å². The van der Waals surface area contributed by atoms with E-state index in [-0.39, 0.29) is 18.1 Å². The summed E-state index contributed by atoms with van der Waals surface area (Å²) in [6, 6.07) is 6.07. The molecule has 1 heterocycles. The van der Waals surface area contributed by atoms with Crippen molar-refractivity contribution in [1.29, 1.82) is 0 Å². The van der Waals surface area contributed by atoms with E-state index < -0.39 is 0 Å². The summed E-state index contributed by atoms with van der Waals surface area (Å²) in [5.74, 6) is 1.26. The van der Waals surface area contributed by atoms with Crippen LogP contribution in [0.25, 0.3) is 0 Å². The third-order valence-electron chi connectivity index (χ3n) is 4.30. The molecule has 2 rings (SSSR count). The molecule has 0 saturated heterocycles. The van der Waals surface area contributed by atoms with Gasteiger partial charge in [-0.05, 0) is 36.5 Å². The SMILES string of the molecule is CCCCC(N)c1ccc2c(c1)N(CC(C)C)C(=O)C(CC)O2. The van der Waals surface area contributed by atoms with Crippen molar-refractivity contribution < 1.29 is 9.53 Å². The number of nitrogens with two attached hydrogens (primary N) is 1. The molecule has 0 saturated carbocycles. The van der Waals surface area contributed by atoms with E-state index in [1.165, 1.54) is 0 Å². The van der Waals surface area contributed by atoms with Crippen LogP contribution in [0.1, 0.15) is 65.0 Å². The molecule has 1 aliphatic rings. The lowest BCUT2D eigenvalue weighted by Crippen LogP contribution is -2.47. The lowest BCUT2D eigenvalue weighted by molar-refractivity contribution is -0.126. The molecule has 23 heavy (non-hydrogen) atoms. The maximum Gasteiger partial charge on any atom is 0.268 e. The number of ether oxygens (including phenoxy) is 1. The number of rotatable bonds is 7.